The van der Waals surface area contributed by atoms with Crippen molar-refractivity contribution in [3.63, 3.8) is 0 Å². The highest BCUT2D eigenvalue weighted by molar-refractivity contribution is 7.89. The molecule has 1 aromatic carbocycles. The standard InChI is InChI=1S/C14H17N3O5S/c1-10(18)16-4-6-17(7-5-16)23(20,21)11-2-3-13-12(8-11)15-14(19)9-22-13/h2-3,8H,4-7,9H2,1H3,(H,15,19). The van der Waals surface area contributed by atoms with Crippen LogP contribution in [0.15, 0.2) is 23.1 Å². The number of ether oxygens (including phenoxy) is 1. The quantitative estimate of drug-likeness (QED) is 0.810. The fourth-order valence-corrected chi connectivity index (χ4v) is 4.06. The Hall–Kier alpha value is -2.13. The van der Waals surface area contributed by atoms with E-state index in [0.29, 0.717) is 24.5 Å². The number of carbonyl (C=O) groups excluding carboxylic acids is 2. The number of amides is 2. The lowest BCUT2D eigenvalue weighted by molar-refractivity contribution is -0.130. The van der Waals surface area contributed by atoms with Crippen molar-refractivity contribution in [1.29, 1.82) is 0 Å². The van der Waals surface area contributed by atoms with Crippen LogP contribution in [-0.4, -0.2) is 62.2 Å². The molecule has 8 nitrogen and oxygen atoms in total. The minimum atomic E-state index is -3.67. The van der Waals surface area contributed by atoms with E-state index in [1.165, 1.54) is 29.4 Å². The minimum absolute atomic E-state index is 0.0595. The van der Waals surface area contributed by atoms with Crippen LogP contribution >= 0.6 is 0 Å². The molecular weight excluding hydrogens is 322 g/mol. The van der Waals surface area contributed by atoms with E-state index in [1.807, 2.05) is 0 Å². The van der Waals surface area contributed by atoms with Crippen LogP contribution in [0.25, 0.3) is 0 Å². The van der Waals surface area contributed by atoms with Gasteiger partial charge in [0.15, 0.2) is 6.61 Å². The molecule has 2 heterocycles. The Kier molecular flexibility index (Phi) is 3.99. The molecule has 0 spiro atoms. The average molecular weight is 339 g/mol. The maximum Gasteiger partial charge on any atom is 0.262 e. The number of fused-ring (bicyclic) bond motifs is 1. The van der Waals surface area contributed by atoms with Crippen molar-refractivity contribution in [2.45, 2.75) is 11.8 Å². The van der Waals surface area contributed by atoms with E-state index in [-0.39, 0.29) is 36.4 Å². The second kappa shape index (κ2) is 5.82. The molecule has 0 unspecified atom stereocenters. The first kappa shape index (κ1) is 15.8. The highest BCUT2D eigenvalue weighted by atomic mass is 32.2. The second-order valence-electron chi connectivity index (χ2n) is 5.40. The Labute approximate surface area is 134 Å². The molecule has 1 N–H and O–H groups in total. The van der Waals surface area contributed by atoms with Crippen LogP contribution in [-0.2, 0) is 19.6 Å². The summed E-state index contributed by atoms with van der Waals surface area (Å²) in [6.45, 7) is 2.64. The number of benzene rings is 1. The molecule has 0 radical (unpaired) electrons. The largest absolute Gasteiger partial charge is 0.482 e. The van der Waals surface area contributed by atoms with Crippen molar-refractivity contribution >= 4 is 27.5 Å². The zero-order valence-electron chi connectivity index (χ0n) is 12.6. The summed E-state index contributed by atoms with van der Waals surface area (Å²) in [7, 11) is -3.67. The van der Waals surface area contributed by atoms with Gasteiger partial charge in [-0.05, 0) is 18.2 Å². The SMILES string of the molecule is CC(=O)N1CCN(S(=O)(=O)c2ccc3c(c2)NC(=O)CO3)CC1. The molecule has 2 aliphatic heterocycles. The molecule has 0 atom stereocenters. The van der Waals surface area contributed by atoms with E-state index in [1.54, 1.807) is 4.90 Å². The molecule has 0 bridgehead atoms. The predicted molar refractivity (Wildman–Crippen MR) is 81.6 cm³/mol. The first-order valence-corrected chi connectivity index (χ1v) is 8.64. The van der Waals surface area contributed by atoms with Crippen LogP contribution in [0.4, 0.5) is 5.69 Å². The zero-order chi connectivity index (χ0) is 16.6. The number of piperazine rings is 1. The third-order valence-corrected chi connectivity index (χ3v) is 5.80. The van der Waals surface area contributed by atoms with Crippen LogP contribution < -0.4 is 10.1 Å². The maximum atomic E-state index is 12.7. The summed E-state index contributed by atoms with van der Waals surface area (Å²) in [6, 6.07) is 4.40. The smallest absolute Gasteiger partial charge is 0.262 e. The van der Waals surface area contributed by atoms with Crippen molar-refractivity contribution in [1.82, 2.24) is 9.21 Å². The number of rotatable bonds is 2. The van der Waals surface area contributed by atoms with Gasteiger partial charge in [-0.2, -0.15) is 4.31 Å². The van der Waals surface area contributed by atoms with Gasteiger partial charge in [-0.1, -0.05) is 0 Å². The Morgan fingerprint density at radius 3 is 2.57 bits per heavy atom. The number of carbonyl (C=O) groups is 2. The predicted octanol–water partition coefficient (Wildman–Crippen LogP) is -0.130. The Balaban J connectivity index is 1.82. The van der Waals surface area contributed by atoms with Crippen molar-refractivity contribution in [2.75, 3.05) is 38.1 Å². The van der Waals surface area contributed by atoms with Gasteiger partial charge in [0.25, 0.3) is 5.91 Å². The molecular formula is C14H17N3O5S. The van der Waals surface area contributed by atoms with E-state index in [2.05, 4.69) is 5.32 Å². The fourth-order valence-electron chi connectivity index (χ4n) is 2.62. The van der Waals surface area contributed by atoms with Gasteiger partial charge in [-0.15, -0.1) is 0 Å². The van der Waals surface area contributed by atoms with Crippen molar-refractivity contribution < 1.29 is 22.7 Å². The van der Waals surface area contributed by atoms with Crippen LogP contribution in [0.5, 0.6) is 5.75 Å². The summed E-state index contributed by atoms with van der Waals surface area (Å²) in [5.74, 6) is 0.0720. The average Bonchev–Trinajstić information content (AvgIpc) is 2.54. The summed E-state index contributed by atoms with van der Waals surface area (Å²) in [6.07, 6.45) is 0. The highest BCUT2D eigenvalue weighted by Crippen LogP contribution is 2.31. The lowest BCUT2D eigenvalue weighted by atomic mass is 10.2. The van der Waals surface area contributed by atoms with Gasteiger partial charge in [-0.25, -0.2) is 8.42 Å². The van der Waals surface area contributed by atoms with Crippen molar-refractivity contribution in [3.05, 3.63) is 18.2 Å². The first-order valence-electron chi connectivity index (χ1n) is 7.20. The molecule has 9 heteroatoms. The molecule has 1 fully saturated rings. The van der Waals surface area contributed by atoms with Gasteiger partial charge in [0, 0.05) is 33.1 Å². The van der Waals surface area contributed by atoms with Crippen molar-refractivity contribution in [2.24, 2.45) is 0 Å². The molecule has 124 valence electrons. The fraction of sp³-hybridized carbons (Fsp3) is 0.429. The van der Waals surface area contributed by atoms with Gasteiger partial charge >= 0.3 is 0 Å². The van der Waals surface area contributed by atoms with Gasteiger partial charge in [0.2, 0.25) is 15.9 Å². The molecule has 3 rings (SSSR count). The lowest BCUT2D eigenvalue weighted by Gasteiger charge is -2.33. The van der Waals surface area contributed by atoms with Crippen LogP contribution in [0.2, 0.25) is 0 Å². The lowest BCUT2D eigenvalue weighted by Crippen LogP contribution is -2.49. The maximum absolute atomic E-state index is 12.7. The summed E-state index contributed by atoms with van der Waals surface area (Å²) in [5, 5.41) is 2.60. The van der Waals surface area contributed by atoms with Gasteiger partial charge in [-0.3, -0.25) is 9.59 Å². The number of nitrogens with one attached hydrogen (secondary N) is 1. The van der Waals surface area contributed by atoms with Crippen LogP contribution in [0, 0.1) is 0 Å². The monoisotopic (exact) mass is 339 g/mol. The van der Waals surface area contributed by atoms with E-state index in [4.69, 9.17) is 4.74 Å². The molecule has 0 aliphatic carbocycles. The number of hydrogen-bond acceptors (Lipinski definition) is 5. The molecule has 1 aromatic rings. The van der Waals surface area contributed by atoms with E-state index < -0.39 is 10.0 Å². The van der Waals surface area contributed by atoms with Crippen LogP contribution in [0.3, 0.4) is 0 Å². The number of sulfonamides is 1. The van der Waals surface area contributed by atoms with E-state index in [0.717, 1.165) is 0 Å². The third-order valence-electron chi connectivity index (χ3n) is 3.91. The number of hydrogen-bond donors (Lipinski definition) is 1. The Morgan fingerprint density at radius 2 is 1.91 bits per heavy atom. The number of anilines is 1. The summed E-state index contributed by atoms with van der Waals surface area (Å²) >= 11 is 0. The zero-order valence-corrected chi connectivity index (χ0v) is 13.4. The van der Waals surface area contributed by atoms with E-state index >= 15 is 0 Å². The summed E-state index contributed by atoms with van der Waals surface area (Å²) in [5.41, 5.74) is 0.352. The normalized spacial score (nSPS) is 18.8. The minimum Gasteiger partial charge on any atom is -0.482 e. The Morgan fingerprint density at radius 1 is 1.22 bits per heavy atom. The molecule has 0 saturated carbocycles. The summed E-state index contributed by atoms with van der Waals surface area (Å²) in [4.78, 5) is 24.4. The highest BCUT2D eigenvalue weighted by Gasteiger charge is 2.30. The summed E-state index contributed by atoms with van der Waals surface area (Å²) < 4.78 is 32.0. The molecule has 0 aromatic heterocycles. The van der Waals surface area contributed by atoms with Crippen molar-refractivity contribution in [3.8, 4) is 5.75 Å². The molecule has 1 saturated heterocycles. The van der Waals surface area contributed by atoms with Crippen LogP contribution in [0.1, 0.15) is 6.92 Å². The van der Waals surface area contributed by atoms with Gasteiger partial charge in [0.05, 0.1) is 10.6 Å². The third kappa shape index (κ3) is 3.02. The second-order valence-corrected chi connectivity index (χ2v) is 7.34. The molecule has 2 amide bonds. The topological polar surface area (TPSA) is 96.0 Å². The van der Waals surface area contributed by atoms with E-state index in [9.17, 15) is 18.0 Å². The molecule has 2 aliphatic rings. The molecule has 23 heavy (non-hydrogen) atoms. The Bertz CT molecular complexity index is 754. The van der Waals surface area contributed by atoms with Gasteiger partial charge in [0.1, 0.15) is 5.75 Å². The van der Waals surface area contributed by atoms with Gasteiger partial charge < -0.3 is 15.0 Å². The first-order chi connectivity index (χ1) is 10.9. The number of nitrogens with zero attached hydrogens (tertiary/aromatic N) is 2.